The van der Waals surface area contributed by atoms with Gasteiger partial charge in [0, 0.05) is 15.8 Å². The molecule has 0 radical (unpaired) electrons. The van der Waals surface area contributed by atoms with Crippen LogP contribution in [0, 0.1) is 3.57 Å². The number of halogens is 1. The summed E-state index contributed by atoms with van der Waals surface area (Å²) < 4.78 is 5.43. The molecule has 1 aromatic rings. The van der Waals surface area contributed by atoms with Gasteiger partial charge in [-0.2, -0.15) is 0 Å². The molecule has 4 nitrogen and oxygen atoms in total. The molecule has 0 atom stereocenters. The lowest BCUT2D eigenvalue weighted by molar-refractivity contribution is 0.170. The molecule has 0 saturated heterocycles. The van der Waals surface area contributed by atoms with Gasteiger partial charge in [0.15, 0.2) is 0 Å². The molecule has 5 heteroatoms. The summed E-state index contributed by atoms with van der Waals surface area (Å²) in [4.78, 5) is 10.8. The zero-order chi connectivity index (χ0) is 10.6. The second-order valence-corrected chi connectivity index (χ2v) is 3.86. The number of nitrogens with two attached hydrogens (primary N) is 1. The number of alkyl carbamates (subject to hydrolysis) is 1. The third kappa shape index (κ3) is 3.06. The predicted molar refractivity (Wildman–Crippen MR) is 62.8 cm³/mol. The third-order valence-electron chi connectivity index (χ3n) is 1.69. The van der Waals surface area contributed by atoms with E-state index in [-0.39, 0.29) is 0 Å². The molecule has 0 saturated carbocycles. The summed E-state index contributed by atoms with van der Waals surface area (Å²) in [6, 6.07) is 5.61. The number of amides is 1. The molecule has 0 spiro atoms. The molecule has 0 aliphatic heterocycles. The van der Waals surface area contributed by atoms with Crippen LogP contribution >= 0.6 is 22.6 Å². The lowest BCUT2D eigenvalue weighted by Crippen LogP contribution is -2.22. The van der Waals surface area contributed by atoms with Gasteiger partial charge in [0.1, 0.15) is 0 Å². The van der Waals surface area contributed by atoms with Crippen LogP contribution in [0.5, 0.6) is 0 Å². The van der Waals surface area contributed by atoms with Crippen LogP contribution in [0.4, 0.5) is 10.5 Å². The Balaban J connectivity index is 2.60. The van der Waals surface area contributed by atoms with Crippen molar-refractivity contribution in [3.05, 3.63) is 27.3 Å². The molecule has 1 rings (SSSR count). The second-order valence-electron chi connectivity index (χ2n) is 2.70. The Hall–Kier alpha value is -0.980. The van der Waals surface area contributed by atoms with E-state index in [2.05, 4.69) is 32.6 Å². The number of ether oxygens (including phenoxy) is 1. The topological polar surface area (TPSA) is 64.3 Å². The molecule has 0 unspecified atom stereocenters. The van der Waals surface area contributed by atoms with E-state index in [1.165, 1.54) is 7.11 Å². The maximum atomic E-state index is 10.8. The Labute approximate surface area is 96.0 Å². The van der Waals surface area contributed by atoms with Crippen LogP contribution in [0.1, 0.15) is 5.56 Å². The first-order valence-corrected chi connectivity index (χ1v) is 5.07. The van der Waals surface area contributed by atoms with Gasteiger partial charge in [0.2, 0.25) is 0 Å². The van der Waals surface area contributed by atoms with Crippen LogP contribution < -0.4 is 11.1 Å². The summed E-state index contributed by atoms with van der Waals surface area (Å²) in [5.74, 6) is 0. The van der Waals surface area contributed by atoms with E-state index in [4.69, 9.17) is 5.73 Å². The Morgan fingerprint density at radius 3 is 2.93 bits per heavy atom. The molecule has 0 heterocycles. The van der Waals surface area contributed by atoms with Gasteiger partial charge < -0.3 is 15.8 Å². The fourth-order valence-corrected chi connectivity index (χ4v) is 1.51. The Morgan fingerprint density at radius 1 is 1.64 bits per heavy atom. The van der Waals surface area contributed by atoms with Gasteiger partial charge in [-0.25, -0.2) is 4.79 Å². The summed E-state index contributed by atoms with van der Waals surface area (Å²) in [6.45, 7) is 0.447. The maximum absolute atomic E-state index is 10.8. The van der Waals surface area contributed by atoms with Crippen molar-refractivity contribution in [2.24, 2.45) is 0 Å². The molecule has 1 amide bonds. The third-order valence-corrected chi connectivity index (χ3v) is 2.62. The van der Waals surface area contributed by atoms with E-state index in [9.17, 15) is 4.79 Å². The standard InChI is InChI=1S/C9H11IN2O2/c1-14-9(13)12-5-6-2-3-8(11)7(10)4-6/h2-4H,5,11H2,1H3,(H,12,13). The van der Waals surface area contributed by atoms with Gasteiger partial charge in [-0.1, -0.05) is 6.07 Å². The van der Waals surface area contributed by atoms with Crippen molar-refractivity contribution in [3.8, 4) is 0 Å². The highest BCUT2D eigenvalue weighted by Crippen LogP contribution is 2.15. The number of methoxy groups -OCH3 is 1. The number of carbonyl (C=O) groups excluding carboxylic acids is 1. The molecule has 3 N–H and O–H groups in total. The van der Waals surface area contributed by atoms with Crippen molar-refractivity contribution in [3.63, 3.8) is 0 Å². The summed E-state index contributed by atoms with van der Waals surface area (Å²) in [5, 5.41) is 2.59. The van der Waals surface area contributed by atoms with E-state index in [1.54, 1.807) is 0 Å². The van der Waals surface area contributed by atoms with Gasteiger partial charge in [-0.3, -0.25) is 0 Å². The lowest BCUT2D eigenvalue weighted by atomic mass is 10.2. The number of rotatable bonds is 2. The number of hydrogen-bond acceptors (Lipinski definition) is 3. The number of nitrogens with one attached hydrogen (secondary N) is 1. The molecule has 0 fully saturated rings. The van der Waals surface area contributed by atoms with E-state index in [1.807, 2.05) is 18.2 Å². The molecule has 0 bridgehead atoms. The zero-order valence-corrected chi connectivity index (χ0v) is 9.87. The minimum atomic E-state index is -0.433. The van der Waals surface area contributed by atoms with E-state index in [0.717, 1.165) is 14.8 Å². The minimum Gasteiger partial charge on any atom is -0.453 e. The van der Waals surface area contributed by atoms with Crippen LogP contribution in [0.15, 0.2) is 18.2 Å². The Morgan fingerprint density at radius 2 is 2.36 bits per heavy atom. The summed E-state index contributed by atoms with van der Waals surface area (Å²) >= 11 is 2.15. The number of anilines is 1. The average molecular weight is 306 g/mol. The predicted octanol–water partition coefficient (Wildman–Crippen LogP) is 1.73. The van der Waals surface area contributed by atoms with Crippen molar-refractivity contribution in [1.82, 2.24) is 5.32 Å². The van der Waals surface area contributed by atoms with Crippen LogP contribution in [-0.2, 0) is 11.3 Å². The highest BCUT2D eigenvalue weighted by atomic mass is 127. The van der Waals surface area contributed by atoms with Gasteiger partial charge in [0.05, 0.1) is 7.11 Å². The van der Waals surface area contributed by atoms with Crippen molar-refractivity contribution >= 4 is 34.4 Å². The van der Waals surface area contributed by atoms with Gasteiger partial charge in [-0.05, 0) is 40.3 Å². The first-order valence-electron chi connectivity index (χ1n) is 3.99. The van der Waals surface area contributed by atoms with Gasteiger partial charge >= 0.3 is 6.09 Å². The normalized spacial score (nSPS) is 9.57. The van der Waals surface area contributed by atoms with Gasteiger partial charge in [-0.15, -0.1) is 0 Å². The first kappa shape index (κ1) is 11.1. The summed E-state index contributed by atoms with van der Waals surface area (Å²) in [5.41, 5.74) is 7.39. The molecular formula is C9H11IN2O2. The van der Waals surface area contributed by atoms with Crippen LogP contribution in [-0.4, -0.2) is 13.2 Å². The minimum absolute atomic E-state index is 0.433. The van der Waals surface area contributed by atoms with Crippen molar-refractivity contribution in [1.29, 1.82) is 0 Å². The van der Waals surface area contributed by atoms with Gasteiger partial charge in [0.25, 0.3) is 0 Å². The highest BCUT2D eigenvalue weighted by molar-refractivity contribution is 14.1. The molecule has 14 heavy (non-hydrogen) atoms. The molecular weight excluding hydrogens is 295 g/mol. The second kappa shape index (κ2) is 5.04. The number of hydrogen-bond donors (Lipinski definition) is 2. The SMILES string of the molecule is COC(=O)NCc1ccc(N)c(I)c1. The fourth-order valence-electron chi connectivity index (χ4n) is 0.927. The smallest absolute Gasteiger partial charge is 0.407 e. The molecule has 0 aromatic heterocycles. The number of benzene rings is 1. The van der Waals surface area contributed by atoms with Crippen molar-refractivity contribution in [2.45, 2.75) is 6.54 Å². The van der Waals surface area contributed by atoms with E-state index < -0.39 is 6.09 Å². The zero-order valence-electron chi connectivity index (χ0n) is 7.71. The van der Waals surface area contributed by atoms with Crippen molar-refractivity contribution < 1.29 is 9.53 Å². The molecule has 0 aliphatic rings. The monoisotopic (exact) mass is 306 g/mol. The van der Waals surface area contributed by atoms with Crippen molar-refractivity contribution in [2.75, 3.05) is 12.8 Å². The summed E-state index contributed by atoms with van der Waals surface area (Å²) in [6.07, 6.45) is -0.433. The largest absolute Gasteiger partial charge is 0.453 e. The Bertz CT molecular complexity index is 342. The fraction of sp³-hybridized carbons (Fsp3) is 0.222. The van der Waals surface area contributed by atoms with Crippen LogP contribution in [0.3, 0.4) is 0 Å². The summed E-state index contributed by atoms with van der Waals surface area (Å²) in [7, 11) is 1.34. The molecule has 76 valence electrons. The first-order chi connectivity index (χ1) is 6.63. The lowest BCUT2D eigenvalue weighted by Gasteiger charge is -2.05. The van der Waals surface area contributed by atoms with Crippen LogP contribution in [0.2, 0.25) is 0 Å². The van der Waals surface area contributed by atoms with E-state index in [0.29, 0.717) is 6.54 Å². The average Bonchev–Trinajstić information content (AvgIpc) is 2.19. The molecule has 0 aliphatic carbocycles. The van der Waals surface area contributed by atoms with E-state index >= 15 is 0 Å². The number of nitrogen functional groups attached to an aromatic ring is 1. The molecule has 1 aromatic carbocycles. The van der Waals surface area contributed by atoms with Crippen LogP contribution in [0.25, 0.3) is 0 Å². The number of carbonyl (C=O) groups is 1. The quantitative estimate of drug-likeness (QED) is 0.646. The Kier molecular flexibility index (Phi) is 3.99. The highest BCUT2D eigenvalue weighted by Gasteiger charge is 2.00. The maximum Gasteiger partial charge on any atom is 0.407 e.